The summed E-state index contributed by atoms with van der Waals surface area (Å²) in [5.41, 5.74) is 4.39. The number of aryl methyl sites for hydroxylation is 1. The second-order valence-corrected chi connectivity index (χ2v) is 4.46. The highest BCUT2D eigenvalue weighted by Crippen LogP contribution is 2.24. The molecule has 1 aliphatic carbocycles. The van der Waals surface area contributed by atoms with Crippen molar-refractivity contribution in [1.29, 1.82) is 0 Å². The van der Waals surface area contributed by atoms with Crippen LogP contribution < -0.4 is 11.3 Å². The molecule has 6 heteroatoms. The van der Waals surface area contributed by atoms with Crippen molar-refractivity contribution in [2.45, 2.75) is 32.1 Å². The monoisotopic (exact) mass is 292 g/mol. The summed E-state index contributed by atoms with van der Waals surface area (Å²) in [4.78, 5) is 41.6. The number of nitrogens with two attached hydrogens (primary N) is 1. The average Bonchev–Trinajstić information content (AvgIpc) is 2.58. The predicted octanol–water partition coefficient (Wildman–Crippen LogP) is 1.15. The second-order valence-electron chi connectivity index (χ2n) is 4.46. The van der Waals surface area contributed by atoms with Crippen molar-refractivity contribution in [2.24, 2.45) is 0 Å². The molecule has 1 unspecified atom stereocenters. The van der Waals surface area contributed by atoms with Crippen LogP contribution in [0.4, 0.5) is 5.69 Å². The first-order chi connectivity index (χ1) is 12.8. The van der Waals surface area contributed by atoms with Crippen LogP contribution in [0.15, 0.2) is 23.0 Å². The summed E-state index contributed by atoms with van der Waals surface area (Å²) in [5, 5.41) is -0.291. The number of carbonyl (C=O) groups is 2. The van der Waals surface area contributed by atoms with Crippen LogP contribution in [0.2, 0.25) is 0 Å². The fourth-order valence-electron chi connectivity index (χ4n) is 2.13. The van der Waals surface area contributed by atoms with E-state index in [9.17, 15) is 14.4 Å². The third-order valence-corrected chi connectivity index (χ3v) is 3.06. The molecule has 1 aliphatic rings. The number of anilines is 1. The maximum Gasteiger partial charge on any atom is 0.264 e. The van der Waals surface area contributed by atoms with Gasteiger partial charge in [-0.1, -0.05) is 6.04 Å². The molecule has 21 heavy (non-hydrogen) atoms. The highest BCUT2D eigenvalue weighted by molar-refractivity contribution is 6.03. The van der Waals surface area contributed by atoms with Gasteiger partial charge in [-0.2, -0.15) is 0 Å². The largest absolute Gasteiger partial charge is 0.398 e. The van der Waals surface area contributed by atoms with Crippen molar-refractivity contribution < 1.29 is 19.2 Å². The van der Waals surface area contributed by atoms with Crippen molar-refractivity contribution in [3.05, 3.63) is 34.4 Å². The molecular weight excluding hydrogens is 270 g/mol. The Hall–Kier alpha value is -2.50. The van der Waals surface area contributed by atoms with Crippen LogP contribution in [-0.2, 0) is 9.59 Å². The van der Waals surface area contributed by atoms with E-state index in [1.165, 1.54) is 6.07 Å². The molecule has 0 aliphatic heterocycles. The fourth-order valence-corrected chi connectivity index (χ4v) is 2.13. The van der Waals surface area contributed by atoms with Gasteiger partial charge in [-0.05, 0) is 25.4 Å². The summed E-state index contributed by atoms with van der Waals surface area (Å²) in [6.07, 6.45) is -7.74. The van der Waals surface area contributed by atoms with Gasteiger partial charge in [-0.3, -0.25) is 19.0 Å². The molecule has 1 aromatic carbocycles. The molecule has 0 radical (unpaired) electrons. The van der Waals surface area contributed by atoms with Gasteiger partial charge >= 0.3 is 0 Å². The quantitative estimate of drug-likeness (QED) is 0.628. The SMILES string of the molecule is [2H]Cc1nc2cc([2H])cc(N)c2c(=O)n1C1([2H])C(=O)CC(=O)C([2H])([2H])C1([2H])[2H]. The van der Waals surface area contributed by atoms with E-state index in [4.69, 9.17) is 15.3 Å². The van der Waals surface area contributed by atoms with Gasteiger partial charge in [0.05, 0.1) is 26.1 Å². The number of carbonyl (C=O) groups excluding carboxylic acids is 2. The molecule has 2 N–H and O–H groups in total. The lowest BCUT2D eigenvalue weighted by atomic mass is 9.92. The lowest BCUT2D eigenvalue weighted by molar-refractivity contribution is -0.132. The molecule has 6 nitrogen and oxygen atoms in total. The van der Waals surface area contributed by atoms with Crippen molar-refractivity contribution in [3.63, 3.8) is 0 Å². The maximum absolute atomic E-state index is 13.1. The molecule has 0 spiro atoms. The van der Waals surface area contributed by atoms with E-state index < -0.39 is 55.0 Å². The Morgan fingerprint density at radius 1 is 1.52 bits per heavy atom. The van der Waals surface area contributed by atoms with Crippen LogP contribution in [0.1, 0.15) is 40.6 Å². The first-order valence-electron chi connectivity index (χ1n) is 9.69. The van der Waals surface area contributed by atoms with E-state index in [0.29, 0.717) is 4.57 Å². The smallest absolute Gasteiger partial charge is 0.264 e. The predicted molar refractivity (Wildman–Crippen MR) is 78.1 cm³/mol. The topological polar surface area (TPSA) is 95.0 Å². The zero-order chi connectivity index (χ0) is 21.2. The molecule has 1 fully saturated rings. The van der Waals surface area contributed by atoms with Gasteiger partial charge in [0.15, 0.2) is 5.78 Å². The number of ketones is 2. The standard InChI is InChI=1S/C15H15N3O3/c1-8-17-11-4-2-3-10(16)14(11)15(21)18(8)12-6-5-9(19)7-13(12)20/h2-4,12H,5-7,16H2,1H3/i1D,2D,5D2,6D2,12D. The second kappa shape index (κ2) is 4.80. The highest BCUT2D eigenvalue weighted by Gasteiger charge is 2.30. The minimum Gasteiger partial charge on any atom is -0.398 e. The number of Topliss-reactive ketones (excluding diaryl/α,β-unsaturated/α-hetero) is 2. The Morgan fingerprint density at radius 3 is 3.10 bits per heavy atom. The molecule has 1 aromatic heterocycles. The van der Waals surface area contributed by atoms with E-state index in [-0.39, 0.29) is 22.6 Å². The van der Waals surface area contributed by atoms with Gasteiger partial charge in [0.25, 0.3) is 5.56 Å². The van der Waals surface area contributed by atoms with Crippen LogP contribution in [0.3, 0.4) is 0 Å². The number of nitrogen functional groups attached to an aromatic ring is 1. The van der Waals surface area contributed by atoms with E-state index in [0.717, 1.165) is 6.07 Å². The number of hydrogen-bond donors (Lipinski definition) is 1. The summed E-state index contributed by atoms with van der Waals surface area (Å²) < 4.78 is 55.9. The third kappa shape index (κ3) is 2.12. The Labute approximate surface area is 130 Å². The van der Waals surface area contributed by atoms with Gasteiger partial charge in [0.2, 0.25) is 0 Å². The Balaban J connectivity index is 2.49. The number of benzene rings is 1. The van der Waals surface area contributed by atoms with Gasteiger partial charge in [0.1, 0.15) is 11.6 Å². The van der Waals surface area contributed by atoms with Gasteiger partial charge < -0.3 is 5.73 Å². The number of hydrogen-bond acceptors (Lipinski definition) is 5. The highest BCUT2D eigenvalue weighted by atomic mass is 16.2. The first-order valence-corrected chi connectivity index (χ1v) is 5.98. The summed E-state index contributed by atoms with van der Waals surface area (Å²) >= 11 is 0. The fraction of sp³-hybridized carbons (Fsp3) is 0.333. The molecule has 1 atom stereocenters. The van der Waals surface area contributed by atoms with E-state index in [1.54, 1.807) is 0 Å². The maximum atomic E-state index is 13.1. The van der Waals surface area contributed by atoms with Gasteiger partial charge in [-0.25, -0.2) is 4.98 Å². The zero-order valence-electron chi connectivity index (χ0n) is 17.8. The Bertz CT molecular complexity index is 1100. The molecule has 0 saturated heterocycles. The molecule has 1 heterocycles. The number of nitrogens with zero attached hydrogens (tertiary/aromatic N) is 2. The lowest BCUT2D eigenvalue weighted by Crippen LogP contribution is -2.36. The summed E-state index contributed by atoms with van der Waals surface area (Å²) in [7, 11) is 0. The van der Waals surface area contributed by atoms with E-state index >= 15 is 0 Å². The number of fused-ring (bicyclic) bond motifs is 1. The van der Waals surface area contributed by atoms with Gasteiger partial charge in [-0.15, -0.1) is 0 Å². The van der Waals surface area contributed by atoms with Gasteiger partial charge in [0, 0.05) is 18.9 Å². The normalized spacial score (nSPS) is 32.3. The molecular formula is C15H15N3O3. The van der Waals surface area contributed by atoms with Crippen molar-refractivity contribution in [2.75, 3.05) is 5.73 Å². The molecule has 3 rings (SSSR count). The van der Waals surface area contributed by atoms with Crippen molar-refractivity contribution in [1.82, 2.24) is 9.55 Å². The minimum atomic E-state index is -3.43. The number of aromatic nitrogens is 2. The molecule has 0 bridgehead atoms. The minimum absolute atomic E-state index is 0.0694. The van der Waals surface area contributed by atoms with Crippen molar-refractivity contribution >= 4 is 28.2 Å². The average molecular weight is 292 g/mol. The van der Waals surface area contributed by atoms with Crippen LogP contribution in [0.5, 0.6) is 0 Å². The Kier molecular flexibility index (Phi) is 1.71. The molecule has 0 amide bonds. The lowest BCUT2D eigenvalue weighted by Gasteiger charge is -2.24. The van der Waals surface area contributed by atoms with Crippen LogP contribution in [0, 0.1) is 6.90 Å². The third-order valence-electron chi connectivity index (χ3n) is 3.06. The van der Waals surface area contributed by atoms with Crippen molar-refractivity contribution in [3.8, 4) is 0 Å². The number of rotatable bonds is 1. The molecule has 1 saturated carbocycles. The molecule has 2 aromatic rings. The summed E-state index contributed by atoms with van der Waals surface area (Å²) in [6.45, 7) is -0.742. The first kappa shape index (κ1) is 7.49. The molecule has 108 valence electrons. The van der Waals surface area contributed by atoms with Crippen LogP contribution in [-0.4, -0.2) is 21.1 Å². The summed E-state index contributed by atoms with van der Waals surface area (Å²) in [6, 6.07) is -0.928. The van der Waals surface area contributed by atoms with E-state index in [1.807, 2.05) is 0 Å². The van der Waals surface area contributed by atoms with Crippen LogP contribution >= 0.6 is 0 Å². The zero-order valence-corrected chi connectivity index (χ0v) is 10.8. The Morgan fingerprint density at radius 2 is 2.33 bits per heavy atom. The van der Waals surface area contributed by atoms with Crippen LogP contribution in [0.25, 0.3) is 10.9 Å². The summed E-state index contributed by atoms with van der Waals surface area (Å²) in [5.74, 6) is -3.15. The van der Waals surface area contributed by atoms with E-state index in [2.05, 4.69) is 4.98 Å².